The van der Waals surface area contributed by atoms with Crippen LogP contribution in [0.15, 0.2) is 95.8 Å². The van der Waals surface area contributed by atoms with Crippen molar-refractivity contribution >= 4 is 5.97 Å². The molecule has 0 amide bonds. The van der Waals surface area contributed by atoms with Crippen LogP contribution in [-0.2, 0) is 28.9 Å². The molecule has 1 heterocycles. The number of fused-ring (bicyclic) bond motifs is 1. The van der Waals surface area contributed by atoms with Crippen LogP contribution < -0.4 is 10.3 Å². The van der Waals surface area contributed by atoms with Crippen molar-refractivity contribution in [1.82, 2.24) is 9.78 Å². The van der Waals surface area contributed by atoms with Gasteiger partial charge in [0.05, 0.1) is 18.2 Å². The standard InChI is InChI=1S/C32H32N2O4/c1-2-37-31(36)22-38-29-15-9-14-26-20-23(16-17-27(26)29)21-34-30(35)19-18-28(33-34)32(24-10-5-3-6-11-24)25-12-7-4-8-13-25/h3-15,18-19,23,32H,2,16-17,20-22H2,1H3. The molecule has 6 heteroatoms. The van der Waals surface area contributed by atoms with Gasteiger partial charge in [-0.05, 0) is 66.5 Å². The molecule has 0 N–H and O–H groups in total. The quantitative estimate of drug-likeness (QED) is 0.292. The fourth-order valence-electron chi connectivity index (χ4n) is 5.30. The molecule has 1 aliphatic carbocycles. The number of benzene rings is 3. The van der Waals surface area contributed by atoms with Crippen LogP contribution in [0.2, 0.25) is 0 Å². The number of ether oxygens (including phenoxy) is 2. The molecule has 0 saturated heterocycles. The Bertz CT molecular complexity index is 1390. The highest BCUT2D eigenvalue weighted by Crippen LogP contribution is 2.33. The maximum Gasteiger partial charge on any atom is 0.344 e. The van der Waals surface area contributed by atoms with E-state index in [9.17, 15) is 9.59 Å². The van der Waals surface area contributed by atoms with Crippen LogP contribution in [-0.4, -0.2) is 29.0 Å². The molecule has 3 aromatic carbocycles. The molecule has 0 radical (unpaired) electrons. The largest absolute Gasteiger partial charge is 0.482 e. The van der Waals surface area contributed by atoms with Crippen molar-refractivity contribution in [2.75, 3.05) is 13.2 Å². The minimum absolute atomic E-state index is 0.0598. The molecule has 5 rings (SSSR count). The van der Waals surface area contributed by atoms with E-state index in [1.165, 1.54) is 5.56 Å². The lowest BCUT2D eigenvalue weighted by atomic mass is 9.83. The Hall–Kier alpha value is -4.19. The summed E-state index contributed by atoms with van der Waals surface area (Å²) in [5.41, 5.74) is 5.36. The van der Waals surface area contributed by atoms with Crippen LogP contribution in [0, 0.1) is 5.92 Å². The maximum atomic E-state index is 12.9. The second-order valence-electron chi connectivity index (χ2n) is 9.63. The third-order valence-corrected chi connectivity index (χ3v) is 7.07. The minimum Gasteiger partial charge on any atom is -0.482 e. The summed E-state index contributed by atoms with van der Waals surface area (Å²) < 4.78 is 12.4. The first-order chi connectivity index (χ1) is 18.6. The van der Waals surface area contributed by atoms with Gasteiger partial charge in [-0.25, -0.2) is 9.48 Å². The van der Waals surface area contributed by atoms with Gasteiger partial charge in [-0.2, -0.15) is 5.10 Å². The monoisotopic (exact) mass is 508 g/mol. The lowest BCUT2D eigenvalue weighted by molar-refractivity contribution is -0.145. The molecule has 0 aliphatic heterocycles. The Kier molecular flexibility index (Phi) is 7.98. The summed E-state index contributed by atoms with van der Waals surface area (Å²) in [7, 11) is 0. The number of carbonyl (C=O) groups is 1. The molecule has 6 nitrogen and oxygen atoms in total. The molecule has 4 aromatic rings. The van der Waals surface area contributed by atoms with Gasteiger partial charge in [0.15, 0.2) is 6.61 Å². The third-order valence-electron chi connectivity index (χ3n) is 7.07. The van der Waals surface area contributed by atoms with Gasteiger partial charge in [-0.3, -0.25) is 4.79 Å². The molecule has 0 bridgehead atoms. The maximum absolute atomic E-state index is 12.9. The van der Waals surface area contributed by atoms with E-state index >= 15 is 0 Å². The zero-order chi connectivity index (χ0) is 26.3. The molecule has 1 aromatic heterocycles. The second kappa shape index (κ2) is 11.9. The molecule has 1 unspecified atom stereocenters. The normalized spacial score (nSPS) is 14.6. The molecule has 1 atom stereocenters. The van der Waals surface area contributed by atoms with E-state index in [0.29, 0.717) is 13.2 Å². The van der Waals surface area contributed by atoms with Crippen molar-refractivity contribution < 1.29 is 14.3 Å². The fraction of sp³-hybridized carbons (Fsp3) is 0.281. The summed E-state index contributed by atoms with van der Waals surface area (Å²) in [6.07, 6.45) is 2.56. The predicted octanol–water partition coefficient (Wildman–Crippen LogP) is 5.17. The molecule has 0 fully saturated rings. The van der Waals surface area contributed by atoms with Crippen molar-refractivity contribution in [3.63, 3.8) is 0 Å². The zero-order valence-electron chi connectivity index (χ0n) is 21.6. The van der Waals surface area contributed by atoms with Gasteiger partial charge in [-0.15, -0.1) is 0 Å². The Morgan fingerprint density at radius 1 is 0.947 bits per heavy atom. The Balaban J connectivity index is 1.36. The Labute approximate surface area is 222 Å². The van der Waals surface area contributed by atoms with E-state index in [1.807, 2.05) is 54.6 Å². The van der Waals surface area contributed by atoms with Crippen molar-refractivity contribution in [3.8, 4) is 5.75 Å². The number of hydrogen-bond acceptors (Lipinski definition) is 5. The van der Waals surface area contributed by atoms with Gasteiger partial charge in [0.1, 0.15) is 5.75 Å². The van der Waals surface area contributed by atoms with Crippen LogP contribution in [0.3, 0.4) is 0 Å². The fourth-order valence-corrected chi connectivity index (χ4v) is 5.30. The van der Waals surface area contributed by atoms with E-state index < -0.39 is 0 Å². The summed E-state index contributed by atoms with van der Waals surface area (Å²) in [6, 6.07) is 30.0. The minimum atomic E-state index is -0.367. The lowest BCUT2D eigenvalue weighted by Gasteiger charge is -2.27. The van der Waals surface area contributed by atoms with E-state index in [4.69, 9.17) is 14.6 Å². The van der Waals surface area contributed by atoms with E-state index in [-0.39, 0.29) is 30.0 Å². The van der Waals surface area contributed by atoms with Gasteiger partial charge < -0.3 is 9.47 Å². The molecule has 0 spiro atoms. The number of hydrogen-bond donors (Lipinski definition) is 0. The van der Waals surface area contributed by atoms with Crippen molar-refractivity contribution in [2.45, 2.75) is 38.6 Å². The van der Waals surface area contributed by atoms with Crippen molar-refractivity contribution in [3.05, 3.63) is 129 Å². The SMILES string of the molecule is CCOC(=O)COc1cccc2c1CCC(Cn1nc(C(c3ccccc3)c3ccccc3)ccc1=O)C2. The van der Waals surface area contributed by atoms with E-state index in [0.717, 1.165) is 47.4 Å². The van der Waals surface area contributed by atoms with Crippen molar-refractivity contribution in [1.29, 1.82) is 0 Å². The number of nitrogens with zero attached hydrogens (tertiary/aromatic N) is 2. The molecule has 38 heavy (non-hydrogen) atoms. The van der Waals surface area contributed by atoms with Gasteiger partial charge in [-0.1, -0.05) is 72.8 Å². The highest BCUT2D eigenvalue weighted by Gasteiger charge is 2.24. The van der Waals surface area contributed by atoms with Crippen LogP contribution >= 0.6 is 0 Å². The van der Waals surface area contributed by atoms with E-state index in [1.54, 1.807) is 17.7 Å². The Morgan fingerprint density at radius 2 is 1.66 bits per heavy atom. The van der Waals surface area contributed by atoms with Gasteiger partial charge in [0, 0.05) is 12.6 Å². The lowest BCUT2D eigenvalue weighted by Crippen LogP contribution is -2.30. The topological polar surface area (TPSA) is 70.4 Å². The van der Waals surface area contributed by atoms with Crippen molar-refractivity contribution in [2.24, 2.45) is 5.92 Å². The third kappa shape index (κ3) is 5.86. The molecule has 1 aliphatic rings. The highest BCUT2D eigenvalue weighted by atomic mass is 16.6. The smallest absolute Gasteiger partial charge is 0.344 e. The number of carbonyl (C=O) groups excluding carboxylic acids is 1. The summed E-state index contributed by atoms with van der Waals surface area (Å²) >= 11 is 0. The summed E-state index contributed by atoms with van der Waals surface area (Å²) in [5, 5.41) is 4.89. The predicted molar refractivity (Wildman–Crippen MR) is 146 cm³/mol. The van der Waals surface area contributed by atoms with Gasteiger partial charge in [0.25, 0.3) is 5.56 Å². The molecular formula is C32H32N2O4. The van der Waals surface area contributed by atoms with E-state index in [2.05, 4.69) is 30.3 Å². The van der Waals surface area contributed by atoms with Crippen LogP contribution in [0.1, 0.15) is 47.2 Å². The average molecular weight is 509 g/mol. The van der Waals surface area contributed by atoms with Gasteiger partial charge >= 0.3 is 5.97 Å². The summed E-state index contributed by atoms with van der Waals surface area (Å²) in [4.78, 5) is 24.6. The summed E-state index contributed by atoms with van der Waals surface area (Å²) in [6.45, 7) is 2.57. The van der Waals surface area contributed by atoms with Crippen LogP contribution in [0.25, 0.3) is 0 Å². The number of aromatic nitrogens is 2. The number of rotatable bonds is 9. The molecule has 194 valence electrons. The van der Waals surface area contributed by atoms with Gasteiger partial charge in [0.2, 0.25) is 0 Å². The first kappa shape index (κ1) is 25.5. The zero-order valence-corrected chi connectivity index (χ0v) is 21.6. The summed E-state index contributed by atoms with van der Waals surface area (Å²) in [5.74, 6) is 0.582. The number of esters is 1. The van der Waals surface area contributed by atoms with Crippen LogP contribution in [0.4, 0.5) is 0 Å². The second-order valence-corrected chi connectivity index (χ2v) is 9.63. The Morgan fingerprint density at radius 3 is 2.34 bits per heavy atom. The molecule has 0 saturated carbocycles. The first-order valence-electron chi connectivity index (χ1n) is 13.2. The first-order valence-corrected chi connectivity index (χ1v) is 13.2. The highest BCUT2D eigenvalue weighted by molar-refractivity contribution is 5.71. The van der Waals surface area contributed by atoms with Crippen LogP contribution in [0.5, 0.6) is 5.75 Å². The molecular weight excluding hydrogens is 476 g/mol. The average Bonchev–Trinajstić information content (AvgIpc) is 2.95.